The van der Waals surface area contributed by atoms with Crippen molar-refractivity contribution in [1.29, 1.82) is 0 Å². The highest BCUT2D eigenvalue weighted by molar-refractivity contribution is 6.21. The maximum absolute atomic E-state index is 12.3. The first-order valence-electron chi connectivity index (χ1n) is 6.34. The van der Waals surface area contributed by atoms with Crippen molar-refractivity contribution in [3.8, 4) is 0 Å². The molecule has 1 aliphatic heterocycles. The normalized spacial score (nSPS) is 13.8. The van der Waals surface area contributed by atoms with Crippen LogP contribution in [-0.4, -0.2) is 21.8 Å². The molecular formula is C16H13NO3. The van der Waals surface area contributed by atoms with Crippen molar-refractivity contribution in [2.45, 2.75) is 13.2 Å². The zero-order chi connectivity index (χ0) is 14.1. The van der Waals surface area contributed by atoms with Crippen molar-refractivity contribution in [2.75, 3.05) is 0 Å². The molecule has 0 radical (unpaired) electrons. The molecule has 2 amide bonds. The van der Waals surface area contributed by atoms with E-state index in [1.165, 1.54) is 4.90 Å². The molecule has 100 valence electrons. The summed E-state index contributed by atoms with van der Waals surface area (Å²) < 4.78 is 0. The molecule has 0 saturated heterocycles. The zero-order valence-electron chi connectivity index (χ0n) is 10.7. The van der Waals surface area contributed by atoms with E-state index in [1.807, 2.05) is 30.3 Å². The maximum Gasteiger partial charge on any atom is 0.261 e. The second kappa shape index (κ2) is 4.90. The molecule has 0 aromatic heterocycles. The molecule has 0 saturated carbocycles. The molecule has 1 heterocycles. The first-order valence-corrected chi connectivity index (χ1v) is 6.34. The smallest absolute Gasteiger partial charge is 0.261 e. The number of carbonyl (C=O) groups is 2. The SMILES string of the molecule is O=C1c2ccc(CO)cc2C(=O)N1Cc1ccccc1. The molecule has 0 fully saturated rings. The maximum atomic E-state index is 12.3. The first kappa shape index (κ1) is 12.6. The predicted molar refractivity (Wildman–Crippen MR) is 73.0 cm³/mol. The molecule has 2 aromatic rings. The van der Waals surface area contributed by atoms with E-state index in [2.05, 4.69) is 0 Å². The number of aliphatic hydroxyl groups is 1. The third-order valence-corrected chi connectivity index (χ3v) is 3.40. The van der Waals surface area contributed by atoms with Crippen LogP contribution in [0.25, 0.3) is 0 Å². The lowest BCUT2D eigenvalue weighted by Crippen LogP contribution is -2.29. The van der Waals surface area contributed by atoms with Crippen molar-refractivity contribution in [1.82, 2.24) is 4.90 Å². The molecule has 3 rings (SSSR count). The molecule has 4 nitrogen and oxygen atoms in total. The van der Waals surface area contributed by atoms with Crippen LogP contribution in [0.1, 0.15) is 31.8 Å². The fraction of sp³-hybridized carbons (Fsp3) is 0.125. The van der Waals surface area contributed by atoms with Gasteiger partial charge in [0.1, 0.15) is 0 Å². The fourth-order valence-corrected chi connectivity index (χ4v) is 2.35. The highest BCUT2D eigenvalue weighted by Gasteiger charge is 2.35. The number of rotatable bonds is 3. The van der Waals surface area contributed by atoms with Crippen LogP contribution >= 0.6 is 0 Å². The molecule has 20 heavy (non-hydrogen) atoms. The minimum Gasteiger partial charge on any atom is -0.392 e. The van der Waals surface area contributed by atoms with Crippen LogP contribution < -0.4 is 0 Å². The van der Waals surface area contributed by atoms with E-state index in [0.717, 1.165) is 5.56 Å². The Hall–Kier alpha value is -2.46. The Bertz CT molecular complexity index is 679. The standard InChI is InChI=1S/C16H13NO3/c18-10-12-6-7-13-14(8-12)16(20)17(15(13)19)9-11-4-2-1-3-5-11/h1-8,18H,9-10H2. The molecular weight excluding hydrogens is 254 g/mol. The number of amides is 2. The molecule has 2 aromatic carbocycles. The Morgan fingerprint density at radius 3 is 2.25 bits per heavy atom. The predicted octanol–water partition coefficient (Wildman–Crippen LogP) is 1.98. The Kier molecular flexibility index (Phi) is 3.08. The third kappa shape index (κ3) is 2.00. The summed E-state index contributed by atoms with van der Waals surface area (Å²) in [4.78, 5) is 25.8. The van der Waals surface area contributed by atoms with Crippen LogP contribution in [0, 0.1) is 0 Å². The summed E-state index contributed by atoms with van der Waals surface area (Å²) in [7, 11) is 0. The van der Waals surface area contributed by atoms with Crippen LogP contribution in [0.2, 0.25) is 0 Å². The Balaban J connectivity index is 1.93. The van der Waals surface area contributed by atoms with Gasteiger partial charge in [0, 0.05) is 0 Å². The Morgan fingerprint density at radius 2 is 1.55 bits per heavy atom. The summed E-state index contributed by atoms with van der Waals surface area (Å²) in [6, 6.07) is 14.2. The topological polar surface area (TPSA) is 57.6 Å². The number of fused-ring (bicyclic) bond motifs is 1. The monoisotopic (exact) mass is 267 g/mol. The van der Waals surface area contributed by atoms with Gasteiger partial charge in [0.15, 0.2) is 0 Å². The quantitative estimate of drug-likeness (QED) is 0.865. The van der Waals surface area contributed by atoms with Crippen LogP contribution in [0.4, 0.5) is 0 Å². The number of hydrogen-bond acceptors (Lipinski definition) is 3. The molecule has 4 heteroatoms. The number of imide groups is 1. The third-order valence-electron chi connectivity index (χ3n) is 3.40. The van der Waals surface area contributed by atoms with Gasteiger partial charge in [-0.3, -0.25) is 14.5 Å². The Morgan fingerprint density at radius 1 is 0.850 bits per heavy atom. The van der Waals surface area contributed by atoms with E-state index in [1.54, 1.807) is 18.2 Å². The van der Waals surface area contributed by atoms with Gasteiger partial charge in [-0.2, -0.15) is 0 Å². The second-order valence-electron chi connectivity index (χ2n) is 4.72. The number of carbonyl (C=O) groups excluding carboxylic acids is 2. The summed E-state index contributed by atoms with van der Waals surface area (Å²) in [6.07, 6.45) is 0. The van der Waals surface area contributed by atoms with Crippen molar-refractivity contribution in [3.05, 3.63) is 70.8 Å². The van der Waals surface area contributed by atoms with E-state index in [0.29, 0.717) is 16.7 Å². The molecule has 0 bridgehead atoms. The molecule has 0 unspecified atom stereocenters. The van der Waals surface area contributed by atoms with Gasteiger partial charge >= 0.3 is 0 Å². The number of hydrogen-bond donors (Lipinski definition) is 1. The summed E-state index contributed by atoms with van der Waals surface area (Å²) >= 11 is 0. The van der Waals surface area contributed by atoms with Crippen molar-refractivity contribution in [2.24, 2.45) is 0 Å². The molecule has 1 aliphatic rings. The lowest BCUT2D eigenvalue weighted by Gasteiger charge is -2.13. The van der Waals surface area contributed by atoms with E-state index in [4.69, 9.17) is 5.11 Å². The lowest BCUT2D eigenvalue weighted by molar-refractivity contribution is 0.0642. The average Bonchev–Trinajstić information content (AvgIpc) is 2.73. The van der Waals surface area contributed by atoms with Crippen molar-refractivity contribution < 1.29 is 14.7 Å². The van der Waals surface area contributed by atoms with E-state index >= 15 is 0 Å². The van der Waals surface area contributed by atoms with Gasteiger partial charge in [0.25, 0.3) is 11.8 Å². The van der Waals surface area contributed by atoms with Gasteiger partial charge in [0.2, 0.25) is 0 Å². The molecule has 0 spiro atoms. The van der Waals surface area contributed by atoms with E-state index < -0.39 is 0 Å². The minimum absolute atomic E-state index is 0.145. The van der Waals surface area contributed by atoms with Gasteiger partial charge in [-0.15, -0.1) is 0 Å². The Labute approximate surface area is 116 Å². The minimum atomic E-state index is -0.302. The van der Waals surface area contributed by atoms with Gasteiger partial charge in [-0.25, -0.2) is 0 Å². The van der Waals surface area contributed by atoms with Gasteiger partial charge in [0.05, 0.1) is 24.3 Å². The highest BCUT2D eigenvalue weighted by atomic mass is 16.3. The first-order chi connectivity index (χ1) is 9.70. The van der Waals surface area contributed by atoms with Crippen molar-refractivity contribution >= 4 is 11.8 Å². The van der Waals surface area contributed by atoms with E-state index in [9.17, 15) is 9.59 Å². The largest absolute Gasteiger partial charge is 0.392 e. The molecule has 0 aliphatic carbocycles. The lowest BCUT2D eigenvalue weighted by atomic mass is 10.1. The number of nitrogens with zero attached hydrogens (tertiary/aromatic N) is 1. The summed E-state index contributed by atoms with van der Waals surface area (Å²) in [5.41, 5.74) is 2.32. The van der Waals surface area contributed by atoms with Crippen LogP contribution in [0.5, 0.6) is 0 Å². The van der Waals surface area contributed by atoms with Gasteiger partial charge in [-0.05, 0) is 23.3 Å². The van der Waals surface area contributed by atoms with Gasteiger partial charge < -0.3 is 5.11 Å². The molecule has 1 N–H and O–H groups in total. The van der Waals surface area contributed by atoms with Crippen LogP contribution in [0.15, 0.2) is 48.5 Å². The fourth-order valence-electron chi connectivity index (χ4n) is 2.35. The van der Waals surface area contributed by atoms with Crippen molar-refractivity contribution in [3.63, 3.8) is 0 Å². The summed E-state index contributed by atoms with van der Waals surface area (Å²) in [6.45, 7) is 0.120. The van der Waals surface area contributed by atoms with Crippen LogP contribution in [0.3, 0.4) is 0 Å². The average molecular weight is 267 g/mol. The highest BCUT2D eigenvalue weighted by Crippen LogP contribution is 2.25. The van der Waals surface area contributed by atoms with E-state index in [-0.39, 0.29) is 25.0 Å². The number of benzene rings is 2. The van der Waals surface area contributed by atoms with Gasteiger partial charge in [-0.1, -0.05) is 36.4 Å². The summed E-state index contributed by atoms with van der Waals surface area (Å²) in [5, 5.41) is 9.11. The second-order valence-corrected chi connectivity index (χ2v) is 4.72. The molecule has 0 atom stereocenters. The number of aliphatic hydroxyl groups excluding tert-OH is 1. The zero-order valence-corrected chi connectivity index (χ0v) is 10.7. The van der Waals surface area contributed by atoms with Crippen LogP contribution in [-0.2, 0) is 13.2 Å². The summed E-state index contributed by atoms with van der Waals surface area (Å²) in [5.74, 6) is -0.581.